The average molecular weight is 292 g/mol. The molecule has 0 saturated heterocycles. The molecular weight excluding hydrogens is 250 g/mol. The molecule has 0 unspecified atom stereocenters. The van der Waals surface area contributed by atoms with Gasteiger partial charge in [-0.3, -0.25) is 0 Å². The molecule has 3 nitrogen and oxygen atoms in total. The van der Waals surface area contributed by atoms with Crippen molar-refractivity contribution in [2.24, 2.45) is 5.92 Å². The number of nitrogens with zero attached hydrogens (tertiary/aromatic N) is 1. The van der Waals surface area contributed by atoms with Gasteiger partial charge in [0.15, 0.2) is 0 Å². The highest BCUT2D eigenvalue weighted by Gasteiger charge is 2.01. The second-order valence-electron chi connectivity index (χ2n) is 5.53. The van der Waals surface area contributed by atoms with Crippen LogP contribution in [0.1, 0.15) is 61.8 Å². The van der Waals surface area contributed by atoms with Crippen molar-refractivity contribution in [3.8, 4) is 0 Å². The lowest BCUT2D eigenvalue weighted by Crippen LogP contribution is -2.30. The monoisotopic (exact) mass is 291 g/mol. The minimum atomic E-state index is 0.593. The van der Waals surface area contributed by atoms with Crippen LogP contribution in [0.2, 0.25) is 0 Å². The number of rotatable bonds is 9. The van der Waals surface area contributed by atoms with Crippen LogP contribution >= 0.6 is 0 Å². The zero-order valence-electron chi connectivity index (χ0n) is 15.7. The zero-order valence-corrected chi connectivity index (χ0v) is 15.7. The lowest BCUT2D eigenvalue weighted by molar-refractivity contribution is 0.0387. The molecule has 0 aliphatic carbocycles. The Morgan fingerprint density at radius 1 is 0.800 bits per heavy atom. The van der Waals surface area contributed by atoms with Crippen molar-refractivity contribution < 1.29 is 9.47 Å². The highest BCUT2D eigenvalue weighted by atomic mass is 16.5. The molecule has 20 heavy (non-hydrogen) atoms. The first-order valence-corrected chi connectivity index (χ1v) is 8.27. The number of likely N-dealkylation sites (N-methyl/N-ethyl adjacent to an activating group) is 1. The summed E-state index contributed by atoms with van der Waals surface area (Å²) in [4.78, 5) is 2.27. The van der Waals surface area contributed by atoms with Crippen LogP contribution in [0.25, 0.3) is 0 Å². The van der Waals surface area contributed by atoms with E-state index in [-0.39, 0.29) is 0 Å². The average Bonchev–Trinajstić information content (AvgIpc) is 2.39. The van der Waals surface area contributed by atoms with Gasteiger partial charge >= 0.3 is 0 Å². The maximum atomic E-state index is 5.43. The molecule has 3 heteroatoms. The normalized spacial score (nSPS) is 10.2. The van der Waals surface area contributed by atoms with Gasteiger partial charge in [-0.25, -0.2) is 0 Å². The SMILES string of the molecule is CC.CC(C)C.CCCOCCOCCN(C)C(C)C. The summed E-state index contributed by atoms with van der Waals surface area (Å²) < 4.78 is 10.7. The highest BCUT2D eigenvalue weighted by molar-refractivity contribution is 4.55. The quantitative estimate of drug-likeness (QED) is 0.585. The van der Waals surface area contributed by atoms with Crippen molar-refractivity contribution in [3.05, 3.63) is 0 Å². The van der Waals surface area contributed by atoms with E-state index in [9.17, 15) is 0 Å². The first-order valence-electron chi connectivity index (χ1n) is 8.27. The first-order chi connectivity index (χ1) is 9.41. The fraction of sp³-hybridized carbons (Fsp3) is 1.00. The summed E-state index contributed by atoms with van der Waals surface area (Å²) in [5.41, 5.74) is 0. The minimum Gasteiger partial charge on any atom is -0.379 e. The summed E-state index contributed by atoms with van der Waals surface area (Å²) in [6.45, 7) is 21.0. The summed E-state index contributed by atoms with van der Waals surface area (Å²) >= 11 is 0. The van der Waals surface area contributed by atoms with Crippen LogP contribution in [0.15, 0.2) is 0 Å². The van der Waals surface area contributed by atoms with E-state index in [1.807, 2.05) is 13.8 Å². The lowest BCUT2D eigenvalue weighted by Gasteiger charge is -2.20. The van der Waals surface area contributed by atoms with Gasteiger partial charge in [-0.15, -0.1) is 0 Å². The smallest absolute Gasteiger partial charge is 0.0701 e. The van der Waals surface area contributed by atoms with Crippen molar-refractivity contribution in [3.63, 3.8) is 0 Å². The summed E-state index contributed by atoms with van der Waals surface area (Å²) in [5.74, 6) is 0.833. The van der Waals surface area contributed by atoms with E-state index in [1.54, 1.807) is 0 Å². The molecule has 0 saturated carbocycles. The Balaban J connectivity index is -0.000000410. The van der Waals surface area contributed by atoms with Crippen LogP contribution in [0, 0.1) is 5.92 Å². The number of hydrogen-bond acceptors (Lipinski definition) is 3. The Morgan fingerprint density at radius 3 is 1.55 bits per heavy atom. The lowest BCUT2D eigenvalue weighted by atomic mass is 10.3. The topological polar surface area (TPSA) is 21.7 Å². The van der Waals surface area contributed by atoms with Crippen molar-refractivity contribution in [1.29, 1.82) is 0 Å². The largest absolute Gasteiger partial charge is 0.379 e. The number of ether oxygens (including phenoxy) is 2. The predicted molar refractivity (Wildman–Crippen MR) is 91.6 cm³/mol. The molecule has 0 aliphatic heterocycles. The maximum absolute atomic E-state index is 5.43. The summed E-state index contributed by atoms with van der Waals surface area (Å²) in [5, 5.41) is 0. The molecule has 0 bridgehead atoms. The van der Waals surface area contributed by atoms with Gasteiger partial charge in [-0.1, -0.05) is 41.5 Å². The standard InChI is InChI=1S/C11H25NO2.C4H10.C2H6/c1-5-7-13-9-10-14-8-6-12(4)11(2)3;1-4(2)3;1-2/h11H,5-10H2,1-4H3;4H,1-3H3;1-2H3. The molecule has 0 aromatic rings. The second kappa shape index (κ2) is 21.2. The van der Waals surface area contributed by atoms with Crippen LogP contribution in [-0.2, 0) is 9.47 Å². The second-order valence-corrected chi connectivity index (χ2v) is 5.53. The highest BCUT2D eigenvalue weighted by Crippen LogP contribution is 1.92. The molecule has 0 heterocycles. The molecule has 0 radical (unpaired) electrons. The van der Waals surface area contributed by atoms with E-state index >= 15 is 0 Å². The minimum absolute atomic E-state index is 0.593. The van der Waals surface area contributed by atoms with Gasteiger partial charge in [-0.05, 0) is 33.2 Å². The number of hydrogen-bond donors (Lipinski definition) is 0. The van der Waals surface area contributed by atoms with Crippen LogP contribution in [0.4, 0.5) is 0 Å². The van der Waals surface area contributed by atoms with Gasteiger partial charge in [0.25, 0.3) is 0 Å². The van der Waals surface area contributed by atoms with Gasteiger partial charge < -0.3 is 14.4 Å². The van der Waals surface area contributed by atoms with E-state index in [1.165, 1.54) is 0 Å². The molecule has 0 spiro atoms. The first kappa shape index (κ1) is 24.9. The van der Waals surface area contributed by atoms with Gasteiger partial charge in [-0.2, -0.15) is 0 Å². The van der Waals surface area contributed by atoms with Gasteiger partial charge in [0, 0.05) is 19.2 Å². The molecule has 0 N–H and O–H groups in total. The van der Waals surface area contributed by atoms with Gasteiger partial charge in [0.1, 0.15) is 0 Å². The van der Waals surface area contributed by atoms with Gasteiger partial charge in [0.2, 0.25) is 0 Å². The molecule has 126 valence electrons. The molecule has 0 aliphatic rings. The Labute approximate surface area is 129 Å². The predicted octanol–water partition coefficient (Wildman–Crippen LogP) is 4.46. The fourth-order valence-electron chi connectivity index (χ4n) is 0.933. The van der Waals surface area contributed by atoms with Crippen molar-refractivity contribution >= 4 is 0 Å². The van der Waals surface area contributed by atoms with Crippen molar-refractivity contribution in [1.82, 2.24) is 4.90 Å². The Bertz CT molecular complexity index is 147. The molecule has 0 rings (SSSR count). The van der Waals surface area contributed by atoms with E-state index in [0.717, 1.165) is 38.7 Å². The van der Waals surface area contributed by atoms with Crippen molar-refractivity contribution in [2.75, 3.05) is 40.0 Å². The van der Waals surface area contributed by atoms with E-state index in [2.05, 4.69) is 53.5 Å². The fourth-order valence-corrected chi connectivity index (χ4v) is 0.933. The van der Waals surface area contributed by atoms with Crippen LogP contribution in [0.3, 0.4) is 0 Å². The zero-order chi connectivity index (χ0) is 16.4. The third-order valence-electron chi connectivity index (χ3n) is 2.19. The van der Waals surface area contributed by atoms with Crippen molar-refractivity contribution in [2.45, 2.75) is 67.9 Å². The molecule has 0 fully saturated rings. The van der Waals surface area contributed by atoms with E-state index in [0.29, 0.717) is 12.6 Å². The van der Waals surface area contributed by atoms with Gasteiger partial charge in [0.05, 0.1) is 19.8 Å². The summed E-state index contributed by atoms with van der Waals surface area (Å²) in [6, 6.07) is 0.593. The third-order valence-corrected chi connectivity index (χ3v) is 2.19. The molecular formula is C17H41NO2. The molecule has 0 aromatic heterocycles. The molecule has 0 amide bonds. The van der Waals surface area contributed by atoms with E-state index in [4.69, 9.17) is 9.47 Å². The maximum Gasteiger partial charge on any atom is 0.0701 e. The molecule has 0 atom stereocenters. The van der Waals surface area contributed by atoms with E-state index < -0.39 is 0 Å². The molecule has 0 aromatic carbocycles. The Hall–Kier alpha value is -0.120. The van der Waals surface area contributed by atoms with Crippen LogP contribution < -0.4 is 0 Å². The Morgan fingerprint density at radius 2 is 1.20 bits per heavy atom. The third kappa shape index (κ3) is 30.7. The van der Waals surface area contributed by atoms with Crippen LogP contribution in [-0.4, -0.2) is 51.0 Å². The summed E-state index contributed by atoms with van der Waals surface area (Å²) in [6.07, 6.45) is 1.08. The summed E-state index contributed by atoms with van der Waals surface area (Å²) in [7, 11) is 2.11. The van der Waals surface area contributed by atoms with Crippen LogP contribution in [0.5, 0.6) is 0 Å². The Kier molecular flexibility index (Phi) is 26.3.